The van der Waals surface area contributed by atoms with Gasteiger partial charge in [-0.3, -0.25) is 20.4 Å². The Balaban J connectivity index is 1.68. The van der Waals surface area contributed by atoms with Crippen LogP contribution in [0.1, 0.15) is 39.9 Å². The van der Waals surface area contributed by atoms with Crippen LogP contribution >= 0.6 is 27.3 Å². The first-order valence-corrected chi connectivity index (χ1v) is 10.3. The van der Waals surface area contributed by atoms with E-state index in [0.717, 1.165) is 3.79 Å². The van der Waals surface area contributed by atoms with Gasteiger partial charge in [-0.15, -0.1) is 11.3 Å². The normalized spacial score (nSPS) is 11.2. The maximum Gasteiger partial charge on any atom is 0.279 e. The number of furan rings is 1. The van der Waals surface area contributed by atoms with Crippen LogP contribution in [-0.4, -0.2) is 26.6 Å². The molecule has 8 nitrogen and oxygen atoms in total. The second kappa shape index (κ2) is 7.80. The highest BCUT2D eigenvalue weighted by Crippen LogP contribution is 2.26. The Morgan fingerprint density at radius 2 is 2.00 bits per heavy atom. The van der Waals surface area contributed by atoms with E-state index in [4.69, 9.17) is 4.42 Å². The summed E-state index contributed by atoms with van der Waals surface area (Å²) in [6.45, 7) is 3.96. The Hall–Kier alpha value is -2.98. The lowest BCUT2D eigenvalue weighted by molar-refractivity contribution is 0.0850. The quantitative estimate of drug-likeness (QED) is 0.433. The van der Waals surface area contributed by atoms with Crippen molar-refractivity contribution in [3.05, 3.63) is 57.0 Å². The second-order valence-corrected chi connectivity index (χ2v) is 8.93. The lowest BCUT2D eigenvalue weighted by Gasteiger charge is -2.10. The average Bonchev–Trinajstić information content (AvgIpc) is 3.44. The number of nitrogens with zero attached hydrogens (tertiary/aromatic N) is 3. The molecule has 0 radical (unpaired) electrons. The van der Waals surface area contributed by atoms with Crippen molar-refractivity contribution in [3.8, 4) is 11.5 Å². The SMILES string of the molecule is CC(C)n1ncc2c(C(=O)NNC(=O)c3ccc(Br)s3)cc(-c3ccco3)nc21. The molecule has 2 amide bonds. The monoisotopic (exact) mass is 473 g/mol. The minimum absolute atomic E-state index is 0.0553. The molecule has 0 aliphatic heterocycles. The minimum Gasteiger partial charge on any atom is -0.463 e. The molecular weight excluding hydrogens is 458 g/mol. The molecule has 4 aromatic heterocycles. The van der Waals surface area contributed by atoms with Gasteiger partial charge in [0.2, 0.25) is 0 Å². The highest BCUT2D eigenvalue weighted by Gasteiger charge is 2.20. The number of halogens is 1. The molecule has 0 aliphatic rings. The predicted molar refractivity (Wildman–Crippen MR) is 113 cm³/mol. The number of carbonyl (C=O) groups is 2. The van der Waals surface area contributed by atoms with Crippen LogP contribution in [0.4, 0.5) is 0 Å². The van der Waals surface area contributed by atoms with Crippen molar-refractivity contribution in [1.82, 2.24) is 25.6 Å². The molecule has 0 aromatic carbocycles. The number of hydrogen-bond acceptors (Lipinski definition) is 6. The van der Waals surface area contributed by atoms with Crippen LogP contribution in [0.25, 0.3) is 22.5 Å². The van der Waals surface area contributed by atoms with Gasteiger partial charge in [-0.05, 0) is 60.1 Å². The molecule has 4 rings (SSSR count). The number of aromatic nitrogens is 3. The fourth-order valence-electron chi connectivity index (χ4n) is 2.81. The third-order valence-electron chi connectivity index (χ3n) is 4.16. The summed E-state index contributed by atoms with van der Waals surface area (Å²) in [5, 5.41) is 4.94. The Kier molecular flexibility index (Phi) is 5.20. The van der Waals surface area contributed by atoms with E-state index in [1.165, 1.54) is 11.3 Å². The maximum absolute atomic E-state index is 12.9. The van der Waals surface area contributed by atoms with Crippen LogP contribution in [-0.2, 0) is 0 Å². The largest absolute Gasteiger partial charge is 0.463 e. The van der Waals surface area contributed by atoms with Gasteiger partial charge in [0.25, 0.3) is 11.8 Å². The molecule has 0 aliphatic carbocycles. The fraction of sp³-hybridized carbons (Fsp3) is 0.158. The summed E-state index contributed by atoms with van der Waals surface area (Å²) in [5.41, 5.74) is 6.31. The molecule has 0 saturated heterocycles. The lowest BCUT2D eigenvalue weighted by atomic mass is 10.1. The van der Waals surface area contributed by atoms with E-state index in [-0.39, 0.29) is 6.04 Å². The van der Waals surface area contributed by atoms with Crippen LogP contribution in [0.2, 0.25) is 0 Å². The van der Waals surface area contributed by atoms with Crippen molar-refractivity contribution in [2.45, 2.75) is 19.9 Å². The summed E-state index contributed by atoms with van der Waals surface area (Å²) in [6.07, 6.45) is 3.14. The number of nitrogens with one attached hydrogen (secondary N) is 2. The van der Waals surface area contributed by atoms with E-state index in [9.17, 15) is 9.59 Å². The van der Waals surface area contributed by atoms with Gasteiger partial charge in [-0.25, -0.2) is 9.67 Å². The van der Waals surface area contributed by atoms with E-state index in [0.29, 0.717) is 32.9 Å². The van der Waals surface area contributed by atoms with Crippen LogP contribution in [0.15, 0.2) is 51.0 Å². The molecule has 0 atom stereocenters. The van der Waals surface area contributed by atoms with E-state index >= 15 is 0 Å². The third kappa shape index (κ3) is 3.81. The third-order valence-corrected chi connectivity index (χ3v) is 5.78. The molecule has 10 heteroatoms. The number of pyridine rings is 1. The molecule has 4 aromatic rings. The number of hydrogen-bond donors (Lipinski definition) is 2. The smallest absolute Gasteiger partial charge is 0.279 e. The Morgan fingerprint density at radius 3 is 2.66 bits per heavy atom. The molecule has 2 N–H and O–H groups in total. The predicted octanol–water partition coefficient (Wildman–Crippen LogP) is 4.17. The molecule has 0 spiro atoms. The number of carbonyl (C=O) groups excluding carboxylic acids is 2. The van der Waals surface area contributed by atoms with Crippen molar-refractivity contribution in [1.29, 1.82) is 0 Å². The molecule has 148 valence electrons. The zero-order chi connectivity index (χ0) is 20.5. The standard InChI is InChI=1S/C19H16BrN5O3S/c1-10(2)25-17-12(9-21-25)11(8-13(22-17)14-4-3-7-28-14)18(26)23-24-19(27)15-5-6-16(20)29-15/h3-10H,1-2H3,(H,23,26)(H,24,27). The van der Waals surface area contributed by atoms with Gasteiger partial charge >= 0.3 is 0 Å². The number of amides is 2. The first-order chi connectivity index (χ1) is 13.9. The summed E-state index contributed by atoms with van der Waals surface area (Å²) in [6, 6.07) is 8.63. The first kappa shape index (κ1) is 19.3. The van der Waals surface area contributed by atoms with Crippen molar-refractivity contribution in [2.24, 2.45) is 0 Å². The van der Waals surface area contributed by atoms with E-state index in [1.54, 1.807) is 47.5 Å². The van der Waals surface area contributed by atoms with Gasteiger partial charge in [-0.1, -0.05) is 0 Å². The number of hydrazine groups is 1. The van der Waals surface area contributed by atoms with Crippen molar-refractivity contribution < 1.29 is 14.0 Å². The van der Waals surface area contributed by atoms with Gasteiger partial charge in [0.1, 0.15) is 5.69 Å². The fourth-order valence-corrected chi connectivity index (χ4v) is 4.09. The van der Waals surface area contributed by atoms with Crippen molar-refractivity contribution in [2.75, 3.05) is 0 Å². The van der Waals surface area contributed by atoms with E-state index in [1.807, 2.05) is 13.8 Å². The van der Waals surface area contributed by atoms with Crippen LogP contribution in [0.5, 0.6) is 0 Å². The van der Waals surface area contributed by atoms with Crippen molar-refractivity contribution in [3.63, 3.8) is 0 Å². The number of thiophene rings is 1. The van der Waals surface area contributed by atoms with Crippen LogP contribution < -0.4 is 10.9 Å². The first-order valence-electron chi connectivity index (χ1n) is 8.72. The highest BCUT2D eigenvalue weighted by molar-refractivity contribution is 9.11. The van der Waals surface area contributed by atoms with E-state index in [2.05, 4.69) is 36.9 Å². The Morgan fingerprint density at radius 1 is 1.21 bits per heavy atom. The van der Waals surface area contributed by atoms with Gasteiger partial charge in [-0.2, -0.15) is 5.10 Å². The summed E-state index contributed by atoms with van der Waals surface area (Å²) in [5.74, 6) is -0.342. The zero-order valence-corrected chi connectivity index (χ0v) is 17.9. The van der Waals surface area contributed by atoms with Crippen LogP contribution in [0, 0.1) is 0 Å². The molecule has 0 bridgehead atoms. The highest BCUT2D eigenvalue weighted by atomic mass is 79.9. The van der Waals surface area contributed by atoms with Gasteiger partial charge < -0.3 is 4.42 Å². The molecule has 0 saturated carbocycles. The Labute approximate surface area is 178 Å². The summed E-state index contributed by atoms with van der Waals surface area (Å²) >= 11 is 4.58. The second-order valence-electron chi connectivity index (χ2n) is 6.46. The molecular formula is C19H16BrN5O3S. The Bertz CT molecular complexity index is 1200. The minimum atomic E-state index is -0.475. The molecule has 29 heavy (non-hydrogen) atoms. The molecule has 0 fully saturated rings. The topological polar surface area (TPSA) is 102 Å². The van der Waals surface area contributed by atoms with E-state index < -0.39 is 11.8 Å². The van der Waals surface area contributed by atoms with Gasteiger partial charge in [0.15, 0.2) is 11.4 Å². The number of fused-ring (bicyclic) bond motifs is 1. The summed E-state index contributed by atoms with van der Waals surface area (Å²) < 4.78 is 8.01. The maximum atomic E-state index is 12.9. The number of rotatable bonds is 4. The van der Waals surface area contributed by atoms with Crippen molar-refractivity contribution >= 4 is 50.1 Å². The van der Waals surface area contributed by atoms with Gasteiger partial charge in [0.05, 0.1) is 32.1 Å². The molecule has 4 heterocycles. The molecule has 0 unspecified atom stereocenters. The van der Waals surface area contributed by atoms with Gasteiger partial charge in [0, 0.05) is 6.04 Å². The summed E-state index contributed by atoms with van der Waals surface area (Å²) in [4.78, 5) is 30.2. The summed E-state index contributed by atoms with van der Waals surface area (Å²) in [7, 11) is 0. The van der Waals surface area contributed by atoms with Crippen LogP contribution in [0.3, 0.4) is 0 Å². The zero-order valence-electron chi connectivity index (χ0n) is 15.5. The average molecular weight is 474 g/mol. The lowest BCUT2D eigenvalue weighted by Crippen LogP contribution is -2.41.